The minimum Gasteiger partial charge on any atom is -0.462 e. The van der Waals surface area contributed by atoms with Gasteiger partial charge in [-0.15, -0.1) is 0 Å². The fraction of sp³-hybridized carbons (Fsp3) is 0.154. The molecule has 0 unspecified atom stereocenters. The van der Waals surface area contributed by atoms with Crippen LogP contribution >= 0.6 is 0 Å². The Morgan fingerprint density at radius 1 is 1.41 bits per heavy atom. The molecule has 0 saturated carbocycles. The lowest BCUT2D eigenvalue weighted by Gasteiger charge is -1.98. The molecule has 4 heteroatoms. The first-order valence-electron chi connectivity index (χ1n) is 5.32. The van der Waals surface area contributed by atoms with Gasteiger partial charge in [0.15, 0.2) is 0 Å². The zero-order chi connectivity index (χ0) is 12.3. The summed E-state index contributed by atoms with van der Waals surface area (Å²) in [5, 5.41) is 0. The number of H-pyrrole nitrogens is 1. The SMILES string of the molecule is CCOC(=O)c1c[nH]c(-c2cccc(F)c2)c1. The maximum absolute atomic E-state index is 13.0. The molecule has 17 heavy (non-hydrogen) atoms. The number of benzene rings is 1. The van der Waals surface area contributed by atoms with Gasteiger partial charge in [-0.25, -0.2) is 9.18 Å². The van der Waals surface area contributed by atoms with E-state index in [1.807, 2.05) is 0 Å². The molecule has 1 aromatic heterocycles. The number of ether oxygens (including phenoxy) is 1. The molecule has 0 aliphatic rings. The van der Waals surface area contributed by atoms with Crippen molar-refractivity contribution in [2.24, 2.45) is 0 Å². The quantitative estimate of drug-likeness (QED) is 0.828. The largest absolute Gasteiger partial charge is 0.462 e. The van der Waals surface area contributed by atoms with Gasteiger partial charge in [0.2, 0.25) is 0 Å². The third-order valence-electron chi connectivity index (χ3n) is 2.33. The first-order valence-corrected chi connectivity index (χ1v) is 5.32. The number of rotatable bonds is 3. The number of hydrogen-bond donors (Lipinski definition) is 1. The van der Waals surface area contributed by atoms with Crippen LogP contribution in [0.2, 0.25) is 0 Å². The molecule has 0 aliphatic carbocycles. The number of nitrogens with one attached hydrogen (secondary N) is 1. The van der Waals surface area contributed by atoms with Crippen molar-refractivity contribution >= 4 is 5.97 Å². The fourth-order valence-corrected chi connectivity index (χ4v) is 1.55. The van der Waals surface area contributed by atoms with Gasteiger partial charge in [-0.1, -0.05) is 12.1 Å². The number of hydrogen-bond acceptors (Lipinski definition) is 2. The molecular weight excluding hydrogens is 221 g/mol. The normalized spacial score (nSPS) is 10.2. The van der Waals surface area contributed by atoms with Crippen molar-refractivity contribution < 1.29 is 13.9 Å². The number of aromatic nitrogens is 1. The molecule has 2 rings (SSSR count). The van der Waals surface area contributed by atoms with E-state index >= 15 is 0 Å². The maximum atomic E-state index is 13.0. The van der Waals surface area contributed by atoms with Crippen molar-refractivity contribution in [2.75, 3.05) is 6.61 Å². The van der Waals surface area contributed by atoms with Gasteiger partial charge in [0.05, 0.1) is 12.2 Å². The van der Waals surface area contributed by atoms with Crippen molar-refractivity contribution in [2.45, 2.75) is 6.92 Å². The highest BCUT2D eigenvalue weighted by Crippen LogP contribution is 2.20. The fourth-order valence-electron chi connectivity index (χ4n) is 1.55. The van der Waals surface area contributed by atoms with Crippen LogP contribution in [0.1, 0.15) is 17.3 Å². The molecule has 0 saturated heterocycles. The Labute approximate surface area is 98.2 Å². The second-order valence-electron chi connectivity index (χ2n) is 3.53. The Balaban J connectivity index is 2.27. The summed E-state index contributed by atoms with van der Waals surface area (Å²) in [6.07, 6.45) is 1.55. The second kappa shape index (κ2) is 4.82. The van der Waals surface area contributed by atoms with E-state index in [0.717, 1.165) is 0 Å². The van der Waals surface area contributed by atoms with Gasteiger partial charge in [-0.3, -0.25) is 0 Å². The summed E-state index contributed by atoms with van der Waals surface area (Å²) in [6.45, 7) is 2.08. The van der Waals surface area contributed by atoms with E-state index < -0.39 is 0 Å². The van der Waals surface area contributed by atoms with E-state index in [9.17, 15) is 9.18 Å². The summed E-state index contributed by atoms with van der Waals surface area (Å²) in [6, 6.07) is 7.81. The lowest BCUT2D eigenvalue weighted by atomic mass is 10.1. The topological polar surface area (TPSA) is 42.1 Å². The molecule has 0 radical (unpaired) electrons. The van der Waals surface area contributed by atoms with Crippen molar-refractivity contribution in [3.8, 4) is 11.3 Å². The van der Waals surface area contributed by atoms with E-state index in [-0.39, 0.29) is 11.8 Å². The summed E-state index contributed by atoms with van der Waals surface area (Å²) >= 11 is 0. The molecule has 88 valence electrons. The third kappa shape index (κ3) is 2.53. The first-order chi connectivity index (χ1) is 8.20. The molecule has 3 nitrogen and oxygen atoms in total. The molecule has 0 aliphatic heterocycles. The van der Waals surface area contributed by atoms with E-state index in [2.05, 4.69) is 4.98 Å². The Morgan fingerprint density at radius 3 is 2.94 bits per heavy atom. The highest BCUT2D eigenvalue weighted by Gasteiger charge is 2.10. The zero-order valence-electron chi connectivity index (χ0n) is 9.37. The number of esters is 1. The standard InChI is InChI=1S/C13H12FNO2/c1-2-17-13(16)10-7-12(15-8-10)9-4-3-5-11(14)6-9/h3-8,15H,2H2,1H3. The Hall–Kier alpha value is -2.10. The zero-order valence-corrected chi connectivity index (χ0v) is 9.37. The summed E-state index contributed by atoms with van der Waals surface area (Å²) in [5.74, 6) is -0.693. The average molecular weight is 233 g/mol. The van der Waals surface area contributed by atoms with Crippen LogP contribution in [-0.2, 0) is 4.74 Å². The molecule has 2 aromatic rings. The summed E-state index contributed by atoms with van der Waals surface area (Å²) < 4.78 is 17.9. The molecule has 0 atom stereocenters. The van der Waals surface area contributed by atoms with Gasteiger partial charge in [0.1, 0.15) is 5.82 Å². The summed E-state index contributed by atoms with van der Waals surface area (Å²) in [4.78, 5) is 14.4. The highest BCUT2D eigenvalue weighted by molar-refractivity contribution is 5.90. The predicted molar refractivity (Wildman–Crippen MR) is 62.1 cm³/mol. The van der Waals surface area contributed by atoms with Crippen LogP contribution in [0.4, 0.5) is 4.39 Å². The summed E-state index contributed by atoms with van der Waals surface area (Å²) in [7, 11) is 0. The molecule has 1 heterocycles. The van der Waals surface area contributed by atoms with Gasteiger partial charge in [0, 0.05) is 17.5 Å². The maximum Gasteiger partial charge on any atom is 0.339 e. The van der Waals surface area contributed by atoms with Crippen LogP contribution in [-0.4, -0.2) is 17.6 Å². The minimum atomic E-state index is -0.383. The van der Waals surface area contributed by atoms with Gasteiger partial charge >= 0.3 is 5.97 Å². The van der Waals surface area contributed by atoms with Crippen molar-refractivity contribution in [3.05, 3.63) is 47.9 Å². The number of halogens is 1. The van der Waals surface area contributed by atoms with Crippen LogP contribution in [0.3, 0.4) is 0 Å². The first kappa shape index (κ1) is 11.4. The van der Waals surface area contributed by atoms with Crippen LogP contribution in [0.15, 0.2) is 36.5 Å². The molecule has 0 spiro atoms. The average Bonchev–Trinajstić information content (AvgIpc) is 2.78. The predicted octanol–water partition coefficient (Wildman–Crippen LogP) is 3.00. The van der Waals surface area contributed by atoms with E-state index in [1.54, 1.807) is 31.3 Å². The van der Waals surface area contributed by atoms with Gasteiger partial charge in [-0.05, 0) is 25.1 Å². The van der Waals surface area contributed by atoms with E-state index in [0.29, 0.717) is 23.4 Å². The lowest BCUT2D eigenvalue weighted by molar-refractivity contribution is 0.0526. The smallest absolute Gasteiger partial charge is 0.339 e. The van der Waals surface area contributed by atoms with Crippen molar-refractivity contribution in [3.63, 3.8) is 0 Å². The molecule has 0 bridgehead atoms. The number of carbonyl (C=O) groups excluding carboxylic acids is 1. The molecule has 0 fully saturated rings. The molecular formula is C13H12FNO2. The monoisotopic (exact) mass is 233 g/mol. The summed E-state index contributed by atoms with van der Waals surface area (Å²) in [5.41, 5.74) is 1.82. The lowest BCUT2D eigenvalue weighted by Crippen LogP contribution is -2.02. The molecule has 1 aromatic carbocycles. The second-order valence-corrected chi connectivity index (χ2v) is 3.53. The van der Waals surface area contributed by atoms with Crippen LogP contribution in [0, 0.1) is 5.82 Å². The number of aromatic amines is 1. The Morgan fingerprint density at radius 2 is 2.24 bits per heavy atom. The van der Waals surface area contributed by atoms with E-state index in [1.165, 1.54) is 12.1 Å². The Kier molecular flexibility index (Phi) is 3.23. The van der Waals surface area contributed by atoms with Gasteiger partial charge < -0.3 is 9.72 Å². The minimum absolute atomic E-state index is 0.310. The molecule has 1 N–H and O–H groups in total. The van der Waals surface area contributed by atoms with Crippen LogP contribution in [0.5, 0.6) is 0 Å². The highest BCUT2D eigenvalue weighted by atomic mass is 19.1. The third-order valence-corrected chi connectivity index (χ3v) is 2.33. The van der Waals surface area contributed by atoms with Crippen LogP contribution < -0.4 is 0 Å². The van der Waals surface area contributed by atoms with Crippen LogP contribution in [0.25, 0.3) is 11.3 Å². The van der Waals surface area contributed by atoms with E-state index in [4.69, 9.17) is 4.74 Å². The number of carbonyl (C=O) groups is 1. The molecule has 0 amide bonds. The van der Waals surface area contributed by atoms with Gasteiger partial charge in [-0.2, -0.15) is 0 Å². The van der Waals surface area contributed by atoms with Gasteiger partial charge in [0.25, 0.3) is 0 Å². The van der Waals surface area contributed by atoms with Crippen molar-refractivity contribution in [1.82, 2.24) is 4.98 Å². The van der Waals surface area contributed by atoms with Crippen molar-refractivity contribution in [1.29, 1.82) is 0 Å². The Bertz CT molecular complexity index is 534.